The predicted molar refractivity (Wildman–Crippen MR) is 116 cm³/mol. The van der Waals surface area contributed by atoms with E-state index < -0.39 is 11.7 Å². The van der Waals surface area contributed by atoms with Crippen LogP contribution < -0.4 is 25.8 Å². The second kappa shape index (κ2) is 11.0. The van der Waals surface area contributed by atoms with Crippen molar-refractivity contribution in [1.29, 1.82) is 0 Å². The van der Waals surface area contributed by atoms with E-state index in [0.717, 1.165) is 5.56 Å². The Hall–Kier alpha value is -3.08. The second-order valence-corrected chi connectivity index (χ2v) is 7.36. The molecule has 1 heterocycles. The molecule has 0 saturated carbocycles. The van der Waals surface area contributed by atoms with E-state index in [0.29, 0.717) is 41.7 Å². The highest BCUT2D eigenvalue weighted by Gasteiger charge is 2.15. The minimum absolute atomic E-state index is 0.0599. The molecule has 0 aliphatic rings. The Labute approximate surface area is 192 Å². The normalized spacial score (nSPS) is 10.8. The van der Waals surface area contributed by atoms with Crippen LogP contribution in [0.3, 0.4) is 0 Å². The summed E-state index contributed by atoms with van der Waals surface area (Å²) in [6.07, 6.45) is 0. The number of carbonyl (C=O) groups excluding carboxylic acids is 1. The first-order valence-corrected chi connectivity index (χ1v) is 10.1. The van der Waals surface area contributed by atoms with Gasteiger partial charge in [-0.2, -0.15) is 0 Å². The fourth-order valence-corrected chi connectivity index (χ4v) is 3.15. The highest BCUT2D eigenvalue weighted by Crippen LogP contribution is 2.34. The molecule has 0 spiro atoms. The number of amides is 1. The number of nitrogen functional groups attached to an aromatic ring is 1. The van der Waals surface area contributed by atoms with Gasteiger partial charge in [0.2, 0.25) is 11.5 Å². The number of nitrogens with zero attached hydrogens (tertiary/aromatic N) is 2. The molecule has 0 atom stereocenters. The summed E-state index contributed by atoms with van der Waals surface area (Å²) in [5, 5.41) is 13.3. The smallest absolute Gasteiger partial charge is 0.277 e. The molecule has 9 nitrogen and oxygen atoms in total. The average molecular weight is 484 g/mol. The molecular weight excluding hydrogens is 464 g/mol. The SMILES string of the molecule is COc1cc(CNCCNC(=O)c2nonc2N)c(Cl)cc1OCc1ccc(F)cc1Cl. The van der Waals surface area contributed by atoms with Gasteiger partial charge in [0, 0.05) is 36.3 Å². The molecule has 3 rings (SSSR count). The summed E-state index contributed by atoms with van der Waals surface area (Å²) in [7, 11) is 1.51. The van der Waals surface area contributed by atoms with Gasteiger partial charge in [-0.1, -0.05) is 29.3 Å². The first-order valence-electron chi connectivity index (χ1n) is 9.39. The minimum atomic E-state index is -0.479. The van der Waals surface area contributed by atoms with E-state index in [1.807, 2.05) is 0 Å². The number of halogens is 3. The summed E-state index contributed by atoms with van der Waals surface area (Å²) in [5.41, 5.74) is 6.81. The van der Waals surface area contributed by atoms with E-state index in [9.17, 15) is 9.18 Å². The third-order valence-electron chi connectivity index (χ3n) is 4.36. The van der Waals surface area contributed by atoms with Crippen molar-refractivity contribution in [2.24, 2.45) is 0 Å². The quantitative estimate of drug-likeness (QED) is 0.375. The molecule has 32 heavy (non-hydrogen) atoms. The van der Waals surface area contributed by atoms with Crippen LogP contribution in [0.5, 0.6) is 11.5 Å². The Kier molecular flexibility index (Phi) is 8.09. The van der Waals surface area contributed by atoms with E-state index in [-0.39, 0.29) is 23.1 Å². The maximum atomic E-state index is 13.2. The number of benzene rings is 2. The summed E-state index contributed by atoms with van der Waals surface area (Å²) in [4.78, 5) is 11.9. The molecule has 2 aromatic carbocycles. The number of anilines is 1. The van der Waals surface area contributed by atoms with Crippen molar-refractivity contribution < 1.29 is 23.3 Å². The van der Waals surface area contributed by atoms with Crippen LogP contribution in [0.4, 0.5) is 10.2 Å². The van der Waals surface area contributed by atoms with Crippen molar-refractivity contribution in [3.63, 3.8) is 0 Å². The second-order valence-electron chi connectivity index (χ2n) is 6.55. The first kappa shape index (κ1) is 23.6. The third kappa shape index (κ3) is 6.00. The fraction of sp³-hybridized carbons (Fsp3) is 0.250. The van der Waals surface area contributed by atoms with Crippen LogP contribution >= 0.6 is 23.2 Å². The number of nitrogens with one attached hydrogen (secondary N) is 2. The maximum Gasteiger partial charge on any atom is 0.277 e. The van der Waals surface area contributed by atoms with Crippen LogP contribution in [0, 0.1) is 5.82 Å². The van der Waals surface area contributed by atoms with Gasteiger partial charge < -0.3 is 25.8 Å². The number of aromatic nitrogens is 2. The zero-order valence-electron chi connectivity index (χ0n) is 17.0. The molecule has 0 aliphatic heterocycles. The molecule has 0 unspecified atom stereocenters. The Morgan fingerprint density at radius 1 is 1.12 bits per heavy atom. The van der Waals surface area contributed by atoms with Gasteiger partial charge in [-0.15, -0.1) is 0 Å². The molecule has 0 bridgehead atoms. The molecule has 170 valence electrons. The van der Waals surface area contributed by atoms with Gasteiger partial charge in [-0.05, 0) is 34.1 Å². The van der Waals surface area contributed by atoms with Gasteiger partial charge in [0.25, 0.3) is 5.91 Å². The van der Waals surface area contributed by atoms with Crippen molar-refractivity contribution in [2.75, 3.05) is 25.9 Å². The van der Waals surface area contributed by atoms with E-state index in [4.69, 9.17) is 38.4 Å². The molecule has 1 aromatic heterocycles. The zero-order chi connectivity index (χ0) is 23.1. The van der Waals surface area contributed by atoms with Gasteiger partial charge in [0.15, 0.2) is 11.5 Å². The highest BCUT2D eigenvalue weighted by atomic mass is 35.5. The van der Waals surface area contributed by atoms with Gasteiger partial charge >= 0.3 is 0 Å². The molecule has 0 radical (unpaired) electrons. The lowest BCUT2D eigenvalue weighted by Gasteiger charge is -2.15. The highest BCUT2D eigenvalue weighted by molar-refractivity contribution is 6.31. The molecular formula is C20H20Cl2FN5O4. The molecule has 1 amide bonds. The van der Waals surface area contributed by atoms with Gasteiger partial charge in [-0.3, -0.25) is 4.79 Å². The number of nitrogens with two attached hydrogens (primary N) is 1. The Balaban J connectivity index is 1.52. The van der Waals surface area contributed by atoms with E-state index in [1.54, 1.807) is 18.2 Å². The Bertz CT molecular complexity index is 1100. The number of methoxy groups -OCH3 is 1. The van der Waals surface area contributed by atoms with E-state index in [1.165, 1.54) is 19.2 Å². The summed E-state index contributed by atoms with van der Waals surface area (Å²) in [6.45, 7) is 1.31. The molecule has 0 fully saturated rings. The molecule has 4 N–H and O–H groups in total. The number of hydrogen-bond donors (Lipinski definition) is 3. The van der Waals surface area contributed by atoms with Gasteiger partial charge in [0.1, 0.15) is 12.4 Å². The first-order chi connectivity index (χ1) is 15.4. The fourth-order valence-electron chi connectivity index (χ4n) is 2.70. The topological polar surface area (TPSA) is 125 Å². The largest absolute Gasteiger partial charge is 0.493 e. The van der Waals surface area contributed by atoms with Crippen LogP contribution in [-0.2, 0) is 13.2 Å². The maximum absolute atomic E-state index is 13.2. The lowest BCUT2D eigenvalue weighted by atomic mass is 10.2. The van der Waals surface area contributed by atoms with Crippen molar-refractivity contribution >= 4 is 34.9 Å². The number of ether oxygens (including phenoxy) is 2. The van der Waals surface area contributed by atoms with E-state index in [2.05, 4.69) is 25.6 Å². The monoisotopic (exact) mass is 483 g/mol. The van der Waals surface area contributed by atoms with Crippen molar-refractivity contribution in [3.05, 3.63) is 63.0 Å². The van der Waals surface area contributed by atoms with Crippen molar-refractivity contribution in [1.82, 2.24) is 20.9 Å². The number of hydrogen-bond acceptors (Lipinski definition) is 8. The van der Waals surface area contributed by atoms with Crippen molar-refractivity contribution in [3.8, 4) is 11.5 Å². The van der Waals surface area contributed by atoms with Gasteiger partial charge in [0.05, 0.1) is 12.1 Å². The lowest BCUT2D eigenvalue weighted by molar-refractivity contribution is 0.0944. The number of carbonyl (C=O) groups is 1. The van der Waals surface area contributed by atoms with Crippen LogP contribution in [0.1, 0.15) is 21.6 Å². The van der Waals surface area contributed by atoms with Gasteiger partial charge in [-0.25, -0.2) is 9.02 Å². The van der Waals surface area contributed by atoms with Crippen LogP contribution in [0.25, 0.3) is 0 Å². The zero-order valence-corrected chi connectivity index (χ0v) is 18.5. The minimum Gasteiger partial charge on any atom is -0.493 e. The molecule has 0 aliphatic carbocycles. The van der Waals surface area contributed by atoms with E-state index >= 15 is 0 Å². The Morgan fingerprint density at radius 2 is 1.91 bits per heavy atom. The average Bonchev–Trinajstić information content (AvgIpc) is 3.19. The lowest BCUT2D eigenvalue weighted by Crippen LogP contribution is -2.32. The summed E-state index contributed by atoms with van der Waals surface area (Å²) in [5.74, 6) is -0.0686. The third-order valence-corrected chi connectivity index (χ3v) is 5.07. The van der Waals surface area contributed by atoms with Crippen molar-refractivity contribution in [2.45, 2.75) is 13.2 Å². The van der Waals surface area contributed by atoms with Crippen LogP contribution in [-0.4, -0.2) is 36.4 Å². The molecule has 3 aromatic rings. The molecule has 12 heteroatoms. The summed E-state index contributed by atoms with van der Waals surface area (Å²) < 4.78 is 28.7. The summed E-state index contributed by atoms with van der Waals surface area (Å²) >= 11 is 12.4. The summed E-state index contributed by atoms with van der Waals surface area (Å²) in [6, 6.07) is 7.47. The van der Waals surface area contributed by atoms with Crippen LogP contribution in [0.2, 0.25) is 10.0 Å². The Morgan fingerprint density at radius 3 is 2.59 bits per heavy atom. The van der Waals surface area contributed by atoms with Crippen LogP contribution in [0.15, 0.2) is 35.0 Å². The predicted octanol–water partition coefficient (Wildman–Crippen LogP) is 3.20. The standard InChI is InChI=1S/C20H20Cl2FN5O4/c1-30-16-6-12(9-25-4-5-26-20(29)18-19(24)28-32-27-18)15(22)8-17(16)31-10-11-2-3-13(23)7-14(11)21/h2-3,6-8,25H,4-5,9-10H2,1H3,(H2,24,28)(H,26,29). The molecule has 0 saturated heterocycles. The number of rotatable bonds is 10.